The molecular weight excluding hydrogens is 310 g/mol. The number of rotatable bonds is 4. The Kier molecular flexibility index (Phi) is 5.23. The van der Waals surface area contributed by atoms with Gasteiger partial charge in [0.25, 0.3) is 5.91 Å². The number of hydrogen-bond acceptors (Lipinski definition) is 4. The number of fused-ring (bicyclic) bond motifs is 1. The molecule has 0 spiro atoms. The summed E-state index contributed by atoms with van der Waals surface area (Å²) in [6.45, 7) is 4.82. The van der Waals surface area contributed by atoms with Gasteiger partial charge < -0.3 is 15.5 Å². The van der Waals surface area contributed by atoms with Crippen molar-refractivity contribution in [2.75, 3.05) is 30.7 Å². The molecule has 23 heavy (non-hydrogen) atoms. The molecule has 2 heterocycles. The smallest absolute Gasteiger partial charge is 0.254 e. The summed E-state index contributed by atoms with van der Waals surface area (Å²) in [5, 5.41) is 6.21. The largest absolute Gasteiger partial charge is 0.336 e. The molecule has 0 aliphatic carbocycles. The molecule has 0 radical (unpaired) electrons. The maximum atomic E-state index is 13.0. The number of nitrogens with zero attached hydrogens (tertiary/aromatic N) is 1. The van der Waals surface area contributed by atoms with Crippen LogP contribution >= 0.6 is 11.8 Å². The first-order valence-electron chi connectivity index (χ1n) is 8.27. The molecule has 2 amide bonds. The molecule has 2 aliphatic rings. The highest BCUT2D eigenvalue weighted by Gasteiger charge is 2.26. The number of benzene rings is 1. The zero-order valence-electron chi connectivity index (χ0n) is 13.4. The van der Waals surface area contributed by atoms with Gasteiger partial charge in [0.15, 0.2) is 0 Å². The molecule has 1 aromatic rings. The third kappa shape index (κ3) is 3.70. The molecule has 0 saturated carbocycles. The van der Waals surface area contributed by atoms with E-state index in [1.807, 2.05) is 23.1 Å². The fourth-order valence-corrected chi connectivity index (χ4v) is 3.98. The quantitative estimate of drug-likeness (QED) is 0.888. The van der Waals surface area contributed by atoms with Crippen LogP contribution in [0.25, 0.3) is 0 Å². The molecule has 124 valence electrons. The van der Waals surface area contributed by atoms with Gasteiger partial charge in [-0.15, -0.1) is 11.8 Å². The van der Waals surface area contributed by atoms with Gasteiger partial charge in [0, 0.05) is 23.0 Å². The van der Waals surface area contributed by atoms with Crippen LogP contribution in [-0.4, -0.2) is 48.1 Å². The van der Waals surface area contributed by atoms with Gasteiger partial charge >= 0.3 is 0 Å². The first-order chi connectivity index (χ1) is 11.2. The van der Waals surface area contributed by atoms with Crippen molar-refractivity contribution in [3.8, 4) is 0 Å². The lowest BCUT2D eigenvalue weighted by Crippen LogP contribution is -2.46. The second-order valence-corrected chi connectivity index (χ2v) is 7.04. The second-order valence-electron chi connectivity index (χ2n) is 6.03. The van der Waals surface area contributed by atoms with E-state index in [0.717, 1.165) is 49.5 Å². The monoisotopic (exact) mass is 333 g/mol. The molecular formula is C17H23N3O2S. The summed E-state index contributed by atoms with van der Waals surface area (Å²) in [6, 6.07) is 5.96. The van der Waals surface area contributed by atoms with Gasteiger partial charge in [0.05, 0.1) is 11.4 Å². The van der Waals surface area contributed by atoms with E-state index in [4.69, 9.17) is 0 Å². The molecule has 0 unspecified atom stereocenters. The fourth-order valence-electron chi connectivity index (χ4n) is 3.19. The van der Waals surface area contributed by atoms with E-state index in [2.05, 4.69) is 17.6 Å². The van der Waals surface area contributed by atoms with Crippen LogP contribution in [0.5, 0.6) is 0 Å². The molecule has 5 nitrogen and oxygen atoms in total. The van der Waals surface area contributed by atoms with Crippen molar-refractivity contribution in [1.29, 1.82) is 0 Å². The van der Waals surface area contributed by atoms with Crippen molar-refractivity contribution >= 4 is 29.3 Å². The van der Waals surface area contributed by atoms with Gasteiger partial charge in [-0.2, -0.15) is 0 Å². The normalized spacial score (nSPS) is 18.2. The Balaban J connectivity index is 1.82. The molecule has 0 aromatic heterocycles. The number of hydrogen-bond donors (Lipinski definition) is 2. The van der Waals surface area contributed by atoms with Crippen LogP contribution < -0.4 is 10.6 Å². The minimum Gasteiger partial charge on any atom is -0.336 e. The Hall–Kier alpha value is -1.53. The average Bonchev–Trinajstić information content (AvgIpc) is 2.59. The number of amides is 2. The molecule has 3 rings (SSSR count). The summed E-state index contributed by atoms with van der Waals surface area (Å²) >= 11 is 1.52. The minimum atomic E-state index is -0.00383. The zero-order chi connectivity index (χ0) is 16.2. The molecule has 6 heteroatoms. The Morgan fingerprint density at radius 3 is 2.87 bits per heavy atom. The highest BCUT2D eigenvalue weighted by Crippen LogP contribution is 2.32. The van der Waals surface area contributed by atoms with Crippen molar-refractivity contribution in [2.45, 2.75) is 37.1 Å². The highest BCUT2D eigenvalue weighted by atomic mass is 32.2. The fraction of sp³-hybridized carbons (Fsp3) is 0.529. The van der Waals surface area contributed by atoms with Crippen LogP contribution in [0, 0.1) is 0 Å². The Morgan fingerprint density at radius 2 is 2.13 bits per heavy atom. The number of thioether (sulfide) groups is 1. The predicted molar refractivity (Wildman–Crippen MR) is 93.0 cm³/mol. The Bertz CT molecular complexity index is 600. The molecule has 0 atom stereocenters. The third-order valence-electron chi connectivity index (χ3n) is 4.33. The van der Waals surface area contributed by atoms with E-state index in [-0.39, 0.29) is 11.8 Å². The first kappa shape index (κ1) is 16.3. The van der Waals surface area contributed by atoms with Crippen molar-refractivity contribution in [3.05, 3.63) is 23.8 Å². The lowest BCUT2D eigenvalue weighted by Gasteiger charge is -2.35. The first-order valence-corrected chi connectivity index (χ1v) is 9.26. The maximum absolute atomic E-state index is 13.0. The Morgan fingerprint density at radius 1 is 1.35 bits per heavy atom. The predicted octanol–water partition coefficient (Wildman–Crippen LogP) is 2.33. The van der Waals surface area contributed by atoms with E-state index < -0.39 is 0 Å². The second kappa shape index (κ2) is 7.36. The lowest BCUT2D eigenvalue weighted by molar-refractivity contribution is -0.113. The highest BCUT2D eigenvalue weighted by molar-refractivity contribution is 8.00. The van der Waals surface area contributed by atoms with Crippen LogP contribution in [0.4, 0.5) is 5.69 Å². The van der Waals surface area contributed by atoms with Gasteiger partial charge in [-0.1, -0.05) is 6.92 Å². The molecule has 0 bridgehead atoms. The lowest BCUT2D eigenvalue weighted by atomic mass is 10.0. The van der Waals surface area contributed by atoms with Crippen LogP contribution in [-0.2, 0) is 4.79 Å². The van der Waals surface area contributed by atoms with Gasteiger partial charge in [-0.05, 0) is 50.6 Å². The van der Waals surface area contributed by atoms with Gasteiger partial charge in [-0.3, -0.25) is 9.59 Å². The molecule has 2 aliphatic heterocycles. The van der Waals surface area contributed by atoms with Crippen molar-refractivity contribution in [3.63, 3.8) is 0 Å². The topological polar surface area (TPSA) is 61.4 Å². The van der Waals surface area contributed by atoms with Gasteiger partial charge in [-0.25, -0.2) is 0 Å². The summed E-state index contributed by atoms with van der Waals surface area (Å²) in [5.74, 6) is 0.513. The summed E-state index contributed by atoms with van der Waals surface area (Å²) in [5.41, 5.74) is 1.43. The molecule has 1 aromatic carbocycles. The number of carbonyl (C=O) groups excluding carboxylic acids is 2. The van der Waals surface area contributed by atoms with Crippen LogP contribution in [0.3, 0.4) is 0 Å². The molecule has 1 saturated heterocycles. The number of carbonyl (C=O) groups is 2. The summed E-state index contributed by atoms with van der Waals surface area (Å²) < 4.78 is 0. The molecule has 2 N–H and O–H groups in total. The number of nitrogens with one attached hydrogen (secondary N) is 2. The summed E-state index contributed by atoms with van der Waals surface area (Å²) in [4.78, 5) is 27.6. The van der Waals surface area contributed by atoms with E-state index >= 15 is 0 Å². The van der Waals surface area contributed by atoms with Crippen molar-refractivity contribution in [2.24, 2.45) is 0 Å². The third-order valence-corrected chi connectivity index (χ3v) is 5.41. The zero-order valence-corrected chi connectivity index (χ0v) is 14.2. The van der Waals surface area contributed by atoms with Crippen LogP contribution in [0.1, 0.15) is 36.5 Å². The van der Waals surface area contributed by atoms with E-state index in [9.17, 15) is 9.59 Å². The standard InChI is InChI=1S/C17H23N3O2S/c1-2-9-20(13-5-7-18-8-6-13)17(22)12-3-4-15-14(10-12)19-16(21)11-23-15/h3-4,10,13,18H,2,5-9,11H2,1H3,(H,19,21). The van der Waals surface area contributed by atoms with Gasteiger partial charge in [0.1, 0.15) is 0 Å². The number of anilines is 1. The maximum Gasteiger partial charge on any atom is 0.254 e. The Labute approximate surface area is 141 Å². The van der Waals surface area contributed by atoms with Gasteiger partial charge in [0.2, 0.25) is 5.91 Å². The van der Waals surface area contributed by atoms with E-state index in [1.54, 1.807) is 0 Å². The summed E-state index contributed by atoms with van der Waals surface area (Å²) in [6.07, 6.45) is 2.96. The van der Waals surface area contributed by atoms with E-state index in [1.165, 1.54) is 11.8 Å². The van der Waals surface area contributed by atoms with Crippen molar-refractivity contribution < 1.29 is 9.59 Å². The van der Waals surface area contributed by atoms with Crippen LogP contribution in [0.15, 0.2) is 23.1 Å². The molecule has 1 fully saturated rings. The van der Waals surface area contributed by atoms with Crippen molar-refractivity contribution in [1.82, 2.24) is 10.2 Å². The average molecular weight is 333 g/mol. The van der Waals surface area contributed by atoms with Crippen LogP contribution in [0.2, 0.25) is 0 Å². The minimum absolute atomic E-state index is 0.00383. The van der Waals surface area contributed by atoms with E-state index in [0.29, 0.717) is 17.4 Å². The summed E-state index contributed by atoms with van der Waals surface area (Å²) in [7, 11) is 0. The number of piperidine rings is 1. The SMILES string of the molecule is CCCN(C(=O)c1ccc2c(c1)NC(=O)CS2)C1CCNCC1.